The van der Waals surface area contributed by atoms with Gasteiger partial charge in [0.05, 0.1) is 0 Å². The van der Waals surface area contributed by atoms with E-state index >= 15 is 0 Å². The van der Waals surface area contributed by atoms with Crippen LogP contribution in [0.5, 0.6) is 0 Å². The first-order chi connectivity index (χ1) is 8.38. The molecule has 0 spiro atoms. The van der Waals surface area contributed by atoms with E-state index in [0.717, 1.165) is 11.3 Å². The predicted octanol–water partition coefficient (Wildman–Crippen LogP) is 3.43. The molecule has 2 rings (SSSR count). The van der Waals surface area contributed by atoms with E-state index in [4.69, 9.17) is 0 Å². The Labute approximate surface area is 101 Å². The van der Waals surface area contributed by atoms with Crippen LogP contribution in [-0.4, -0.2) is 6.41 Å². The Bertz CT molecular complexity index is 500. The van der Waals surface area contributed by atoms with Crippen molar-refractivity contribution in [3.8, 4) is 0 Å². The molecule has 0 unspecified atom stereocenters. The first kappa shape index (κ1) is 11.1. The van der Waals surface area contributed by atoms with E-state index < -0.39 is 0 Å². The van der Waals surface area contributed by atoms with Crippen LogP contribution >= 0.6 is 0 Å². The number of rotatable bonds is 4. The maximum atomic E-state index is 10.2. The highest BCUT2D eigenvalue weighted by molar-refractivity contribution is 5.74. The fourth-order valence-corrected chi connectivity index (χ4v) is 1.52. The topological polar surface area (TPSA) is 29.1 Å². The van der Waals surface area contributed by atoms with Crippen LogP contribution in [0, 0.1) is 0 Å². The predicted molar refractivity (Wildman–Crippen MR) is 71.5 cm³/mol. The number of benzene rings is 2. The fraction of sp³-hybridized carbons (Fsp3) is 0. The van der Waals surface area contributed by atoms with Crippen LogP contribution in [0.15, 0.2) is 54.6 Å². The van der Waals surface area contributed by atoms with Crippen LogP contribution in [0.1, 0.15) is 11.1 Å². The van der Waals surface area contributed by atoms with Crippen LogP contribution in [0.2, 0.25) is 0 Å². The molecule has 0 bridgehead atoms. The molecule has 0 aliphatic rings. The van der Waals surface area contributed by atoms with Gasteiger partial charge in [0, 0.05) is 5.69 Å². The Morgan fingerprint density at radius 2 is 1.35 bits per heavy atom. The van der Waals surface area contributed by atoms with Crippen molar-refractivity contribution in [1.29, 1.82) is 0 Å². The minimum absolute atomic E-state index is 0.675. The van der Waals surface area contributed by atoms with E-state index in [-0.39, 0.29) is 0 Å². The lowest BCUT2D eigenvalue weighted by Gasteiger charge is -1.98. The minimum atomic E-state index is 0.675. The summed E-state index contributed by atoms with van der Waals surface area (Å²) in [6, 6.07) is 17.8. The number of anilines is 1. The van der Waals surface area contributed by atoms with Crippen molar-refractivity contribution in [1.82, 2.24) is 0 Å². The maximum absolute atomic E-state index is 10.2. The molecule has 0 heterocycles. The Morgan fingerprint density at radius 3 is 1.94 bits per heavy atom. The number of nitrogens with one attached hydrogen (secondary N) is 1. The minimum Gasteiger partial charge on any atom is -0.329 e. The normalized spacial score (nSPS) is 10.4. The molecule has 0 radical (unpaired) electrons. The molecule has 0 fully saturated rings. The van der Waals surface area contributed by atoms with E-state index in [9.17, 15) is 4.79 Å². The number of hydrogen-bond acceptors (Lipinski definition) is 1. The van der Waals surface area contributed by atoms with Crippen molar-refractivity contribution in [2.75, 3.05) is 5.32 Å². The standard InChI is InChI=1S/C15H13NO/c17-12-16-15-10-8-14(9-11-15)7-6-13-4-2-1-3-5-13/h1-12H,(H,16,17). The summed E-state index contributed by atoms with van der Waals surface area (Å²) in [5.74, 6) is 0. The zero-order chi connectivity index (χ0) is 11.9. The van der Waals surface area contributed by atoms with Gasteiger partial charge in [-0.05, 0) is 23.3 Å². The Kier molecular flexibility index (Phi) is 3.71. The van der Waals surface area contributed by atoms with Gasteiger partial charge in [0.1, 0.15) is 0 Å². The number of amides is 1. The summed E-state index contributed by atoms with van der Waals surface area (Å²) in [4.78, 5) is 10.2. The van der Waals surface area contributed by atoms with Gasteiger partial charge in [0.25, 0.3) is 0 Å². The molecule has 0 atom stereocenters. The van der Waals surface area contributed by atoms with Crippen LogP contribution < -0.4 is 5.32 Å². The molecule has 2 nitrogen and oxygen atoms in total. The molecule has 84 valence electrons. The zero-order valence-electron chi connectivity index (χ0n) is 9.34. The molecule has 2 aromatic rings. The van der Waals surface area contributed by atoms with Crippen molar-refractivity contribution in [2.45, 2.75) is 0 Å². The van der Waals surface area contributed by atoms with Crippen molar-refractivity contribution in [3.63, 3.8) is 0 Å². The summed E-state index contributed by atoms with van der Waals surface area (Å²) in [5, 5.41) is 2.60. The third-order valence-corrected chi connectivity index (χ3v) is 2.40. The van der Waals surface area contributed by atoms with Crippen molar-refractivity contribution in [2.24, 2.45) is 0 Å². The molecular weight excluding hydrogens is 210 g/mol. The van der Waals surface area contributed by atoms with Crippen molar-refractivity contribution in [3.05, 3.63) is 65.7 Å². The smallest absolute Gasteiger partial charge is 0.211 e. The average molecular weight is 223 g/mol. The molecular formula is C15H13NO. The maximum Gasteiger partial charge on any atom is 0.211 e. The Morgan fingerprint density at radius 1 is 0.765 bits per heavy atom. The summed E-state index contributed by atoms with van der Waals surface area (Å²) in [7, 11) is 0. The highest BCUT2D eigenvalue weighted by atomic mass is 16.1. The van der Waals surface area contributed by atoms with Crippen LogP contribution in [-0.2, 0) is 4.79 Å². The second kappa shape index (κ2) is 5.66. The third kappa shape index (κ3) is 3.31. The summed E-state index contributed by atoms with van der Waals surface area (Å²) in [6.45, 7) is 0. The second-order valence-electron chi connectivity index (χ2n) is 3.63. The lowest BCUT2D eigenvalue weighted by Crippen LogP contribution is -1.92. The molecule has 0 aliphatic heterocycles. The van der Waals surface area contributed by atoms with Crippen LogP contribution in [0.4, 0.5) is 5.69 Å². The largest absolute Gasteiger partial charge is 0.329 e. The molecule has 17 heavy (non-hydrogen) atoms. The van der Waals surface area contributed by atoms with Gasteiger partial charge in [-0.15, -0.1) is 0 Å². The van der Waals surface area contributed by atoms with E-state index in [1.165, 1.54) is 5.56 Å². The third-order valence-electron chi connectivity index (χ3n) is 2.40. The molecule has 1 N–H and O–H groups in total. The summed E-state index contributed by atoms with van der Waals surface area (Å²) >= 11 is 0. The fourth-order valence-electron chi connectivity index (χ4n) is 1.52. The first-order valence-electron chi connectivity index (χ1n) is 5.42. The monoisotopic (exact) mass is 223 g/mol. The lowest BCUT2D eigenvalue weighted by atomic mass is 10.1. The van der Waals surface area contributed by atoms with Gasteiger partial charge in [-0.2, -0.15) is 0 Å². The number of carbonyl (C=O) groups excluding carboxylic acids is 1. The van der Waals surface area contributed by atoms with Crippen molar-refractivity contribution >= 4 is 24.2 Å². The summed E-state index contributed by atoms with van der Waals surface area (Å²) in [6.07, 6.45) is 4.77. The van der Waals surface area contributed by atoms with Gasteiger partial charge in [-0.25, -0.2) is 0 Å². The summed E-state index contributed by atoms with van der Waals surface area (Å²) < 4.78 is 0. The SMILES string of the molecule is O=CNc1ccc(C=Cc2ccccc2)cc1. The molecule has 1 amide bonds. The van der Waals surface area contributed by atoms with Crippen LogP contribution in [0.3, 0.4) is 0 Å². The van der Waals surface area contributed by atoms with Gasteiger partial charge in [-0.3, -0.25) is 4.79 Å². The van der Waals surface area contributed by atoms with Gasteiger partial charge in [0.15, 0.2) is 0 Å². The molecule has 2 heteroatoms. The summed E-state index contributed by atoms with van der Waals surface area (Å²) in [5.41, 5.74) is 3.07. The highest BCUT2D eigenvalue weighted by Crippen LogP contribution is 2.12. The van der Waals surface area contributed by atoms with E-state index in [1.54, 1.807) is 0 Å². The molecule has 0 aromatic heterocycles. The van der Waals surface area contributed by atoms with E-state index in [2.05, 4.69) is 23.5 Å². The molecule has 0 aliphatic carbocycles. The quantitative estimate of drug-likeness (QED) is 0.624. The second-order valence-corrected chi connectivity index (χ2v) is 3.63. The van der Waals surface area contributed by atoms with Gasteiger partial charge < -0.3 is 5.32 Å². The molecule has 2 aromatic carbocycles. The average Bonchev–Trinajstić information content (AvgIpc) is 2.40. The van der Waals surface area contributed by atoms with Gasteiger partial charge >= 0.3 is 0 Å². The number of carbonyl (C=O) groups is 1. The zero-order valence-corrected chi connectivity index (χ0v) is 9.34. The van der Waals surface area contributed by atoms with E-state index in [1.807, 2.05) is 48.5 Å². The van der Waals surface area contributed by atoms with Gasteiger partial charge in [-0.1, -0.05) is 54.6 Å². The first-order valence-corrected chi connectivity index (χ1v) is 5.42. The Balaban J connectivity index is 2.08. The van der Waals surface area contributed by atoms with E-state index in [0.29, 0.717) is 6.41 Å². The Hall–Kier alpha value is -2.35. The highest BCUT2D eigenvalue weighted by Gasteiger charge is 1.90. The van der Waals surface area contributed by atoms with Crippen LogP contribution in [0.25, 0.3) is 12.2 Å². The number of hydrogen-bond donors (Lipinski definition) is 1. The molecule has 0 saturated heterocycles. The van der Waals surface area contributed by atoms with Gasteiger partial charge in [0.2, 0.25) is 6.41 Å². The molecule has 0 saturated carbocycles. The lowest BCUT2D eigenvalue weighted by molar-refractivity contribution is -0.105. The van der Waals surface area contributed by atoms with Crippen molar-refractivity contribution < 1.29 is 4.79 Å².